The van der Waals surface area contributed by atoms with Crippen molar-refractivity contribution in [3.8, 4) is 11.5 Å². The van der Waals surface area contributed by atoms with Gasteiger partial charge in [-0.3, -0.25) is 9.59 Å². The second-order valence-corrected chi connectivity index (χ2v) is 15.2. The molecule has 0 radical (unpaired) electrons. The van der Waals surface area contributed by atoms with E-state index in [4.69, 9.17) is 33.2 Å². The van der Waals surface area contributed by atoms with Gasteiger partial charge in [0.05, 0.1) is 24.0 Å². The molecule has 2 aliphatic heterocycles. The largest absolute Gasteiger partial charge is 0.514 e. The number of carbonyl (C=O) groups is 5. The Labute approximate surface area is 313 Å². The lowest BCUT2D eigenvalue weighted by Crippen LogP contribution is -2.74. The van der Waals surface area contributed by atoms with E-state index in [0.717, 1.165) is 18.9 Å². The van der Waals surface area contributed by atoms with Crippen LogP contribution in [-0.2, 0) is 54.7 Å². The summed E-state index contributed by atoms with van der Waals surface area (Å²) in [6.45, 7) is 8.85. The van der Waals surface area contributed by atoms with Crippen LogP contribution in [0.4, 0.5) is 4.79 Å². The maximum atomic E-state index is 13.9. The summed E-state index contributed by atoms with van der Waals surface area (Å²) in [5, 5.41) is 12.6. The lowest BCUT2D eigenvalue weighted by atomic mass is 9.50. The molecule has 1 N–H and O–H groups in total. The van der Waals surface area contributed by atoms with Crippen molar-refractivity contribution in [3.63, 3.8) is 0 Å². The summed E-state index contributed by atoms with van der Waals surface area (Å²) >= 11 is 0. The maximum absolute atomic E-state index is 13.9. The van der Waals surface area contributed by atoms with Crippen molar-refractivity contribution in [2.24, 2.45) is 0 Å². The third-order valence-electron chi connectivity index (χ3n) is 10.4. The van der Waals surface area contributed by atoms with E-state index >= 15 is 0 Å². The maximum Gasteiger partial charge on any atom is 0.514 e. The van der Waals surface area contributed by atoms with Gasteiger partial charge in [-0.15, -0.1) is 0 Å². The minimum atomic E-state index is -1.76. The Hall–Kier alpha value is -4.95. The van der Waals surface area contributed by atoms with Crippen LogP contribution in [0.2, 0.25) is 0 Å². The van der Waals surface area contributed by atoms with E-state index in [9.17, 15) is 29.1 Å². The molecule has 0 aromatic heterocycles. The number of esters is 4. The summed E-state index contributed by atoms with van der Waals surface area (Å²) < 4.78 is 39.6. The number of aliphatic hydroxyl groups is 1. The summed E-state index contributed by atoms with van der Waals surface area (Å²) in [7, 11) is 1.95. The number of carbonyl (C=O) groups excluding carboxylic acids is 5. The van der Waals surface area contributed by atoms with Crippen LogP contribution < -0.4 is 9.47 Å². The number of unbranched alkanes of at least 4 members (excludes halogenated alkanes) is 1. The van der Waals surface area contributed by atoms with Crippen molar-refractivity contribution >= 4 is 30.0 Å². The van der Waals surface area contributed by atoms with Crippen molar-refractivity contribution in [2.45, 2.75) is 114 Å². The monoisotopic (exact) mass is 749 g/mol. The highest BCUT2D eigenvalue weighted by atomic mass is 16.7. The molecule has 0 saturated carbocycles. The molecule has 2 heterocycles. The highest BCUT2D eigenvalue weighted by Crippen LogP contribution is 2.65. The van der Waals surface area contributed by atoms with Crippen molar-refractivity contribution in [3.05, 3.63) is 71.0 Å². The Bertz CT molecular complexity index is 1830. The molecule has 1 spiro atoms. The van der Waals surface area contributed by atoms with Crippen LogP contribution in [0.25, 0.3) is 0 Å². The van der Waals surface area contributed by atoms with Gasteiger partial charge in [0, 0.05) is 30.5 Å². The molecule has 1 saturated heterocycles. The number of hydrogen-bond donors (Lipinski definition) is 1. The topological polar surface area (TPSA) is 173 Å². The summed E-state index contributed by atoms with van der Waals surface area (Å²) in [4.78, 5) is 67.3. The van der Waals surface area contributed by atoms with Gasteiger partial charge in [-0.05, 0) is 71.3 Å². The number of benzene rings is 2. The average molecular weight is 750 g/mol. The first-order chi connectivity index (χ1) is 25.6. The number of rotatable bonds is 12. The molecule has 1 fully saturated rings. The molecule has 0 amide bonds. The normalized spacial score (nSPS) is 24.8. The number of likely N-dealkylation sites (N-methyl/N-ethyl adjacent to an activating group) is 1. The summed E-state index contributed by atoms with van der Waals surface area (Å²) in [5.41, 5.74) is -1.38. The van der Waals surface area contributed by atoms with Crippen LogP contribution in [0.15, 0.2) is 54.3 Å². The Morgan fingerprint density at radius 2 is 1.76 bits per heavy atom. The standard InChI is InChI=1S/C40H47NO13/c1-7-8-20-48-36(45)32(24-12-10-9-11-13-24)52-30(43)22-28(49-23(2)42)35(44)50-27-16-17-40(47)29-21-25-14-15-26(51-37(46)54-38(3,4)5)33-31(25)39(40,34(27)53-33)18-19-41(29)6/h9-16,28-29,32,34,47H,7-8,17-22H2,1-6H3/t28-,29+,32-,34-,39-,40+/m0/s1. The van der Waals surface area contributed by atoms with Crippen molar-refractivity contribution < 1.29 is 62.2 Å². The number of hydrogen-bond acceptors (Lipinski definition) is 14. The highest BCUT2D eigenvalue weighted by Gasteiger charge is 2.72. The van der Waals surface area contributed by atoms with Crippen LogP contribution >= 0.6 is 0 Å². The van der Waals surface area contributed by atoms with E-state index in [1.54, 1.807) is 63.2 Å². The predicted octanol–water partition coefficient (Wildman–Crippen LogP) is 4.77. The second kappa shape index (κ2) is 15.1. The zero-order valence-corrected chi connectivity index (χ0v) is 31.4. The number of likely N-dealkylation sites (tertiary alicyclic amines) is 1. The molecule has 6 rings (SSSR count). The van der Waals surface area contributed by atoms with Gasteiger partial charge in [-0.1, -0.05) is 49.7 Å². The van der Waals surface area contributed by atoms with Gasteiger partial charge in [0.2, 0.25) is 12.2 Å². The molecular formula is C40H47NO13. The first kappa shape index (κ1) is 38.8. The Morgan fingerprint density at radius 3 is 2.44 bits per heavy atom. The lowest BCUT2D eigenvalue weighted by molar-refractivity contribution is -0.179. The van der Waals surface area contributed by atoms with Gasteiger partial charge in [0.1, 0.15) is 11.4 Å². The van der Waals surface area contributed by atoms with Crippen molar-refractivity contribution in [1.82, 2.24) is 4.90 Å². The predicted molar refractivity (Wildman–Crippen MR) is 189 cm³/mol. The van der Waals surface area contributed by atoms with E-state index in [0.29, 0.717) is 36.9 Å². The fourth-order valence-corrected chi connectivity index (χ4v) is 8.03. The number of piperidine rings is 1. The molecule has 2 aliphatic carbocycles. The highest BCUT2D eigenvalue weighted by molar-refractivity contribution is 5.86. The average Bonchev–Trinajstić information content (AvgIpc) is 3.46. The van der Waals surface area contributed by atoms with Crippen molar-refractivity contribution in [2.75, 3.05) is 20.2 Å². The molecule has 0 unspecified atom stereocenters. The van der Waals surface area contributed by atoms with Crippen LogP contribution in [0, 0.1) is 0 Å². The van der Waals surface area contributed by atoms with E-state index in [-0.39, 0.29) is 36.3 Å². The Balaban J connectivity index is 1.27. The van der Waals surface area contributed by atoms with Gasteiger partial charge in [0.15, 0.2) is 17.6 Å². The molecule has 2 aromatic carbocycles. The number of ether oxygens (including phenoxy) is 7. The summed E-state index contributed by atoms with van der Waals surface area (Å²) in [6, 6.07) is 11.4. The molecular weight excluding hydrogens is 702 g/mol. The first-order valence-electron chi connectivity index (χ1n) is 18.2. The van der Waals surface area contributed by atoms with Crippen LogP contribution in [-0.4, -0.2) is 89.7 Å². The lowest BCUT2D eigenvalue weighted by Gasteiger charge is -2.61. The van der Waals surface area contributed by atoms with E-state index in [1.165, 1.54) is 0 Å². The van der Waals surface area contributed by atoms with Crippen LogP contribution in [0.3, 0.4) is 0 Å². The minimum absolute atomic E-state index is 0.0347. The first-order valence-corrected chi connectivity index (χ1v) is 18.2. The van der Waals surface area contributed by atoms with Gasteiger partial charge >= 0.3 is 30.0 Å². The molecule has 290 valence electrons. The summed E-state index contributed by atoms with van der Waals surface area (Å²) in [5.74, 6) is -3.42. The quantitative estimate of drug-likeness (QED) is 0.136. The molecule has 54 heavy (non-hydrogen) atoms. The third kappa shape index (κ3) is 7.28. The van der Waals surface area contributed by atoms with Gasteiger partial charge < -0.3 is 43.2 Å². The molecule has 14 nitrogen and oxygen atoms in total. The second-order valence-electron chi connectivity index (χ2n) is 15.2. The summed E-state index contributed by atoms with van der Waals surface area (Å²) in [6.07, 6.45) is -2.01. The third-order valence-corrected chi connectivity index (χ3v) is 10.4. The Morgan fingerprint density at radius 1 is 1.02 bits per heavy atom. The van der Waals surface area contributed by atoms with Gasteiger partial charge in [0.25, 0.3) is 0 Å². The van der Waals surface area contributed by atoms with E-state index in [1.807, 2.05) is 20.0 Å². The fourth-order valence-electron chi connectivity index (χ4n) is 8.03. The molecule has 2 aromatic rings. The van der Waals surface area contributed by atoms with E-state index in [2.05, 4.69) is 4.90 Å². The molecule has 14 heteroatoms. The minimum Gasteiger partial charge on any atom is -0.477 e. The van der Waals surface area contributed by atoms with E-state index < -0.39 is 71.4 Å². The fraction of sp³-hybridized carbons (Fsp3) is 0.525. The molecule has 6 atom stereocenters. The Kier molecular flexibility index (Phi) is 10.8. The zero-order chi connectivity index (χ0) is 39.0. The molecule has 2 bridgehead atoms. The smallest absolute Gasteiger partial charge is 0.477 e. The van der Waals surface area contributed by atoms with Gasteiger partial charge in [-0.25, -0.2) is 14.4 Å². The SMILES string of the molecule is CCCCOC(=O)[C@@H](OC(=O)C[C@H](OC(C)=O)C(=O)OC1=CC[C@@]2(O)[C@H]3Cc4ccc(OC(=O)OC(C)(C)C)c5c4[C@@]2(CCN3C)[C@H]1O5)c1ccccc1. The van der Waals surface area contributed by atoms with Gasteiger partial charge in [-0.2, -0.15) is 0 Å². The zero-order valence-electron chi connectivity index (χ0n) is 31.4. The van der Waals surface area contributed by atoms with Crippen LogP contribution in [0.1, 0.15) is 89.5 Å². The number of nitrogens with zero attached hydrogens (tertiary/aromatic N) is 1. The van der Waals surface area contributed by atoms with Crippen molar-refractivity contribution in [1.29, 1.82) is 0 Å². The van der Waals surface area contributed by atoms with Crippen LogP contribution in [0.5, 0.6) is 11.5 Å². The molecule has 4 aliphatic rings.